The summed E-state index contributed by atoms with van der Waals surface area (Å²) < 4.78 is 0. The van der Waals surface area contributed by atoms with Crippen LogP contribution in [-0.2, 0) is 0 Å². The van der Waals surface area contributed by atoms with Crippen LogP contribution in [0.25, 0.3) is 0 Å². The van der Waals surface area contributed by atoms with Gasteiger partial charge in [-0.3, -0.25) is 4.79 Å². The van der Waals surface area contributed by atoms with Crippen molar-refractivity contribution in [3.63, 3.8) is 0 Å². The second-order valence-electron chi connectivity index (χ2n) is 3.99. The molecule has 19 heavy (non-hydrogen) atoms. The first-order valence-electron chi connectivity index (χ1n) is 5.44. The lowest BCUT2D eigenvalue weighted by atomic mass is 9.98. The number of halogens is 3. The number of aliphatic hydroxyl groups is 2. The molecule has 0 aliphatic carbocycles. The van der Waals surface area contributed by atoms with E-state index in [1.165, 1.54) is 6.20 Å². The third-order valence-electron chi connectivity index (χ3n) is 2.79. The van der Waals surface area contributed by atoms with Crippen molar-refractivity contribution >= 4 is 40.7 Å². The predicted octanol–water partition coefficient (Wildman–Crippen LogP) is 1.90. The van der Waals surface area contributed by atoms with Gasteiger partial charge in [0.05, 0.1) is 33.8 Å². The van der Waals surface area contributed by atoms with Gasteiger partial charge in [-0.25, -0.2) is 4.98 Å². The Hall–Kier alpha value is -0.590. The summed E-state index contributed by atoms with van der Waals surface area (Å²) in [6, 6.07) is 0. The summed E-state index contributed by atoms with van der Waals surface area (Å²) in [5, 5.41) is 21.1. The zero-order valence-corrected chi connectivity index (χ0v) is 12.4. The third-order valence-corrected chi connectivity index (χ3v) is 4.03. The molecule has 3 N–H and O–H groups in total. The van der Waals surface area contributed by atoms with Crippen molar-refractivity contribution in [3.05, 3.63) is 27.0 Å². The van der Waals surface area contributed by atoms with E-state index < -0.39 is 24.7 Å². The van der Waals surface area contributed by atoms with Gasteiger partial charge >= 0.3 is 0 Å². The van der Waals surface area contributed by atoms with Gasteiger partial charge in [0.25, 0.3) is 5.91 Å². The molecule has 0 aliphatic rings. The van der Waals surface area contributed by atoms with Crippen LogP contribution in [0.1, 0.15) is 23.8 Å². The molecule has 0 radical (unpaired) electrons. The topological polar surface area (TPSA) is 82.5 Å². The van der Waals surface area contributed by atoms with Gasteiger partial charge in [-0.15, -0.1) is 0 Å². The van der Waals surface area contributed by atoms with Crippen molar-refractivity contribution in [1.82, 2.24) is 10.3 Å². The molecule has 0 aliphatic heterocycles. The minimum absolute atomic E-state index is 0.0265. The number of aliphatic hydroxyl groups excluding tert-OH is 2. The summed E-state index contributed by atoms with van der Waals surface area (Å²) in [5.41, 5.74) is -1.25. The second-order valence-corrected chi connectivity index (χ2v) is 5.15. The highest BCUT2D eigenvalue weighted by molar-refractivity contribution is 6.48. The van der Waals surface area contributed by atoms with E-state index in [2.05, 4.69) is 10.3 Å². The average Bonchev–Trinajstić information content (AvgIpc) is 2.42. The molecular formula is C11H13Cl3N2O3. The molecule has 8 heteroatoms. The molecule has 0 saturated carbocycles. The average molecular weight is 328 g/mol. The number of nitrogens with one attached hydrogen (secondary N) is 1. The van der Waals surface area contributed by atoms with Gasteiger partial charge in [0.1, 0.15) is 5.69 Å². The Morgan fingerprint density at radius 3 is 2.37 bits per heavy atom. The van der Waals surface area contributed by atoms with E-state index in [0.29, 0.717) is 6.42 Å². The van der Waals surface area contributed by atoms with E-state index in [-0.39, 0.29) is 20.8 Å². The standard InChI is InChI=1S/C11H13Cl3N2O3/c1-2-11(4-17,5-18)16-10(19)9-8(14)7(13)6(12)3-15-9/h3,17-18H,2,4-5H2,1H3,(H,16,19). The van der Waals surface area contributed by atoms with Gasteiger partial charge in [0.15, 0.2) is 0 Å². The molecule has 1 aromatic rings. The minimum Gasteiger partial charge on any atom is -0.394 e. The number of carbonyl (C=O) groups is 1. The van der Waals surface area contributed by atoms with Gasteiger partial charge < -0.3 is 15.5 Å². The van der Waals surface area contributed by atoms with E-state index in [1.54, 1.807) is 6.92 Å². The third kappa shape index (κ3) is 3.49. The lowest BCUT2D eigenvalue weighted by molar-refractivity contribution is 0.0649. The van der Waals surface area contributed by atoms with Crippen molar-refractivity contribution < 1.29 is 15.0 Å². The van der Waals surface area contributed by atoms with Crippen molar-refractivity contribution in [2.45, 2.75) is 18.9 Å². The zero-order valence-electron chi connectivity index (χ0n) is 10.1. The fraction of sp³-hybridized carbons (Fsp3) is 0.455. The number of rotatable bonds is 5. The van der Waals surface area contributed by atoms with Crippen molar-refractivity contribution in [1.29, 1.82) is 0 Å². The van der Waals surface area contributed by atoms with Crippen molar-refractivity contribution in [3.8, 4) is 0 Å². The molecule has 1 aromatic heterocycles. The van der Waals surface area contributed by atoms with Crippen LogP contribution in [-0.4, -0.2) is 39.9 Å². The van der Waals surface area contributed by atoms with Crippen LogP contribution in [0.15, 0.2) is 6.20 Å². The van der Waals surface area contributed by atoms with Crippen LogP contribution in [0.4, 0.5) is 0 Å². The normalized spacial score (nSPS) is 11.5. The SMILES string of the molecule is CCC(CO)(CO)NC(=O)c1ncc(Cl)c(Cl)c1Cl. The largest absolute Gasteiger partial charge is 0.394 e. The number of amides is 1. The zero-order chi connectivity index (χ0) is 14.6. The molecular weight excluding hydrogens is 314 g/mol. The maximum Gasteiger partial charge on any atom is 0.272 e. The number of pyridine rings is 1. The van der Waals surface area contributed by atoms with Crippen molar-refractivity contribution in [2.75, 3.05) is 13.2 Å². The summed E-state index contributed by atoms with van der Waals surface area (Å²) in [5.74, 6) is -0.645. The van der Waals surface area contributed by atoms with E-state index in [9.17, 15) is 15.0 Å². The van der Waals surface area contributed by atoms with Crippen molar-refractivity contribution in [2.24, 2.45) is 0 Å². The van der Waals surface area contributed by atoms with Gasteiger partial charge in [-0.2, -0.15) is 0 Å². The molecule has 1 amide bonds. The molecule has 0 fully saturated rings. The summed E-state index contributed by atoms with van der Waals surface area (Å²) in [6.07, 6.45) is 1.54. The molecule has 0 unspecified atom stereocenters. The van der Waals surface area contributed by atoms with Gasteiger partial charge in [-0.1, -0.05) is 41.7 Å². The summed E-state index contributed by atoms with van der Waals surface area (Å²) >= 11 is 17.4. The lowest BCUT2D eigenvalue weighted by Gasteiger charge is -2.29. The molecule has 0 bridgehead atoms. The summed E-state index contributed by atoms with van der Waals surface area (Å²) in [6.45, 7) is 0.895. The Morgan fingerprint density at radius 1 is 1.32 bits per heavy atom. The van der Waals surface area contributed by atoms with E-state index in [4.69, 9.17) is 34.8 Å². The Bertz CT molecular complexity index is 470. The Morgan fingerprint density at radius 2 is 1.89 bits per heavy atom. The Labute approximate surface area is 125 Å². The van der Waals surface area contributed by atoms with Crippen LogP contribution in [0.5, 0.6) is 0 Å². The second kappa shape index (κ2) is 6.72. The highest BCUT2D eigenvalue weighted by Crippen LogP contribution is 2.31. The number of hydrogen-bond donors (Lipinski definition) is 3. The molecule has 0 atom stereocenters. The fourth-order valence-corrected chi connectivity index (χ4v) is 1.91. The summed E-state index contributed by atoms with van der Waals surface area (Å²) in [4.78, 5) is 15.8. The quantitative estimate of drug-likeness (QED) is 0.771. The first kappa shape index (κ1) is 16.5. The maximum atomic E-state index is 12.0. The highest BCUT2D eigenvalue weighted by atomic mass is 35.5. The molecule has 1 rings (SSSR count). The number of nitrogens with zero attached hydrogens (tertiary/aromatic N) is 1. The van der Waals surface area contributed by atoms with Crippen LogP contribution in [0.2, 0.25) is 15.1 Å². The van der Waals surface area contributed by atoms with Crippen LogP contribution >= 0.6 is 34.8 Å². The summed E-state index contributed by atoms with van der Waals surface area (Å²) in [7, 11) is 0. The fourth-order valence-electron chi connectivity index (χ4n) is 1.34. The number of hydrogen-bond acceptors (Lipinski definition) is 4. The molecule has 106 valence electrons. The lowest BCUT2D eigenvalue weighted by Crippen LogP contribution is -2.54. The smallest absolute Gasteiger partial charge is 0.272 e. The van der Waals surface area contributed by atoms with E-state index in [1.807, 2.05) is 0 Å². The van der Waals surface area contributed by atoms with Gasteiger partial charge in [-0.05, 0) is 6.42 Å². The Balaban J connectivity index is 3.05. The molecule has 0 spiro atoms. The predicted molar refractivity (Wildman–Crippen MR) is 73.9 cm³/mol. The first-order chi connectivity index (χ1) is 8.90. The van der Waals surface area contributed by atoms with Gasteiger partial charge in [0.2, 0.25) is 0 Å². The minimum atomic E-state index is -1.13. The molecule has 1 heterocycles. The van der Waals surface area contributed by atoms with Gasteiger partial charge in [0, 0.05) is 6.20 Å². The number of aromatic nitrogens is 1. The molecule has 5 nitrogen and oxygen atoms in total. The molecule has 0 aromatic carbocycles. The Kier molecular flexibility index (Phi) is 5.82. The number of carbonyl (C=O) groups excluding carboxylic acids is 1. The maximum absolute atomic E-state index is 12.0. The first-order valence-corrected chi connectivity index (χ1v) is 6.58. The molecule has 0 saturated heterocycles. The highest BCUT2D eigenvalue weighted by Gasteiger charge is 2.30. The van der Waals surface area contributed by atoms with Crippen LogP contribution in [0, 0.1) is 0 Å². The monoisotopic (exact) mass is 326 g/mol. The van der Waals surface area contributed by atoms with E-state index >= 15 is 0 Å². The van der Waals surface area contributed by atoms with Crippen LogP contribution < -0.4 is 5.32 Å². The van der Waals surface area contributed by atoms with Crippen LogP contribution in [0.3, 0.4) is 0 Å². The van der Waals surface area contributed by atoms with E-state index in [0.717, 1.165) is 0 Å².